The Morgan fingerprint density at radius 1 is 1.25 bits per heavy atom. The van der Waals surface area contributed by atoms with Gasteiger partial charge in [0.15, 0.2) is 0 Å². The maximum absolute atomic E-state index is 11.8. The normalized spacial score (nSPS) is 17.6. The molecule has 0 radical (unpaired) electrons. The summed E-state index contributed by atoms with van der Waals surface area (Å²) in [6.07, 6.45) is 5.66. The van der Waals surface area contributed by atoms with Crippen LogP contribution in [0, 0.1) is 0 Å². The Kier molecular flexibility index (Phi) is 4.62. The molecule has 0 N–H and O–H groups in total. The Balaban J connectivity index is 2.07. The summed E-state index contributed by atoms with van der Waals surface area (Å²) in [4.78, 5) is 16.0. The molecule has 1 amide bonds. The fourth-order valence-electron chi connectivity index (χ4n) is 1.69. The number of likely N-dealkylation sites (N-methyl/N-ethyl adjacent to an activating group) is 1. The van der Waals surface area contributed by atoms with Crippen LogP contribution in [0.25, 0.3) is 6.08 Å². The van der Waals surface area contributed by atoms with Crippen LogP contribution in [-0.2, 0) is 4.79 Å². The lowest BCUT2D eigenvalue weighted by Crippen LogP contribution is -2.22. The van der Waals surface area contributed by atoms with Crippen molar-refractivity contribution in [1.82, 2.24) is 4.90 Å². The quantitative estimate of drug-likeness (QED) is 0.632. The number of allylic oxidation sites excluding steroid dienone is 2. The predicted octanol–water partition coefficient (Wildman–Crippen LogP) is 3.14. The molecule has 1 heterocycles. The maximum Gasteiger partial charge on any atom is 0.265 e. The Morgan fingerprint density at radius 2 is 1.90 bits per heavy atom. The second-order valence-electron chi connectivity index (χ2n) is 4.61. The molecule has 1 aromatic carbocycles. The SMILES string of the molecule is CN1C(=O)/C(=C/C=C/c2ccc(N(C)C)cc2)SC1=S. The minimum absolute atomic E-state index is 0.0346. The molecule has 0 saturated carbocycles. The van der Waals surface area contributed by atoms with E-state index in [0.29, 0.717) is 9.23 Å². The summed E-state index contributed by atoms with van der Waals surface area (Å²) in [7, 11) is 5.72. The third kappa shape index (κ3) is 3.29. The number of carbonyl (C=O) groups is 1. The lowest BCUT2D eigenvalue weighted by atomic mass is 10.2. The minimum Gasteiger partial charge on any atom is -0.378 e. The van der Waals surface area contributed by atoms with Gasteiger partial charge in [-0.15, -0.1) is 0 Å². The van der Waals surface area contributed by atoms with E-state index in [4.69, 9.17) is 12.2 Å². The molecule has 0 unspecified atom stereocenters. The second-order valence-corrected chi connectivity index (χ2v) is 6.28. The van der Waals surface area contributed by atoms with Gasteiger partial charge in [0.1, 0.15) is 4.32 Å². The van der Waals surface area contributed by atoms with E-state index < -0.39 is 0 Å². The van der Waals surface area contributed by atoms with Crippen molar-refractivity contribution in [2.24, 2.45) is 0 Å². The molecule has 20 heavy (non-hydrogen) atoms. The molecule has 104 valence electrons. The molecule has 0 atom stereocenters. The number of hydrogen-bond acceptors (Lipinski definition) is 4. The molecule has 2 rings (SSSR count). The van der Waals surface area contributed by atoms with Crippen LogP contribution in [0.3, 0.4) is 0 Å². The van der Waals surface area contributed by atoms with Gasteiger partial charge in [-0.3, -0.25) is 9.69 Å². The zero-order valence-corrected chi connectivity index (χ0v) is 13.3. The van der Waals surface area contributed by atoms with E-state index in [1.807, 2.05) is 44.5 Å². The van der Waals surface area contributed by atoms with Gasteiger partial charge in [0, 0.05) is 26.8 Å². The molecule has 1 aliphatic rings. The molecular weight excluding hydrogens is 288 g/mol. The van der Waals surface area contributed by atoms with Crippen molar-refractivity contribution in [1.29, 1.82) is 0 Å². The first kappa shape index (κ1) is 14.8. The maximum atomic E-state index is 11.8. The number of thioether (sulfide) groups is 1. The van der Waals surface area contributed by atoms with E-state index in [2.05, 4.69) is 17.0 Å². The Bertz CT molecular complexity index is 588. The summed E-state index contributed by atoms with van der Waals surface area (Å²) >= 11 is 6.41. The van der Waals surface area contributed by atoms with Crippen molar-refractivity contribution in [2.45, 2.75) is 0 Å². The largest absolute Gasteiger partial charge is 0.378 e. The Labute approximate surface area is 128 Å². The van der Waals surface area contributed by atoms with Gasteiger partial charge in [-0.25, -0.2) is 0 Å². The highest BCUT2D eigenvalue weighted by molar-refractivity contribution is 8.26. The van der Waals surface area contributed by atoms with Crippen molar-refractivity contribution >= 4 is 46.0 Å². The summed E-state index contributed by atoms with van der Waals surface area (Å²) in [5.74, 6) is -0.0346. The Hall–Kier alpha value is -1.59. The zero-order chi connectivity index (χ0) is 14.7. The van der Waals surface area contributed by atoms with Crippen LogP contribution in [0.4, 0.5) is 5.69 Å². The van der Waals surface area contributed by atoms with Gasteiger partial charge in [0.2, 0.25) is 0 Å². The van der Waals surface area contributed by atoms with Crippen molar-refractivity contribution < 1.29 is 4.79 Å². The van der Waals surface area contributed by atoms with Gasteiger partial charge >= 0.3 is 0 Å². The highest BCUT2D eigenvalue weighted by Crippen LogP contribution is 2.29. The summed E-state index contributed by atoms with van der Waals surface area (Å²) in [5.41, 5.74) is 2.26. The van der Waals surface area contributed by atoms with E-state index in [0.717, 1.165) is 11.3 Å². The standard InChI is InChI=1S/C15H16N2OS2/c1-16(2)12-9-7-11(8-10-12)5-4-6-13-14(18)17(3)15(19)20-13/h4-10H,1-3H3/b5-4+,13-6-. The molecule has 1 aromatic rings. The van der Waals surface area contributed by atoms with E-state index in [1.165, 1.54) is 16.7 Å². The fraction of sp³-hybridized carbons (Fsp3) is 0.200. The average Bonchev–Trinajstić information content (AvgIpc) is 2.67. The average molecular weight is 304 g/mol. The molecule has 5 heteroatoms. The molecule has 1 aliphatic heterocycles. The first-order chi connectivity index (χ1) is 9.49. The van der Waals surface area contributed by atoms with E-state index in [9.17, 15) is 4.79 Å². The van der Waals surface area contributed by atoms with Gasteiger partial charge in [-0.2, -0.15) is 0 Å². The molecule has 3 nitrogen and oxygen atoms in total. The molecule has 0 spiro atoms. The van der Waals surface area contributed by atoms with Crippen LogP contribution >= 0.6 is 24.0 Å². The lowest BCUT2D eigenvalue weighted by molar-refractivity contribution is -0.121. The summed E-state index contributed by atoms with van der Waals surface area (Å²) in [6, 6.07) is 8.21. The van der Waals surface area contributed by atoms with E-state index in [-0.39, 0.29) is 5.91 Å². The van der Waals surface area contributed by atoms with Crippen LogP contribution in [0.1, 0.15) is 5.56 Å². The number of amides is 1. The molecular formula is C15H16N2OS2. The smallest absolute Gasteiger partial charge is 0.265 e. The van der Waals surface area contributed by atoms with Crippen LogP contribution in [-0.4, -0.2) is 36.3 Å². The van der Waals surface area contributed by atoms with Gasteiger partial charge in [0.25, 0.3) is 5.91 Å². The number of hydrogen-bond donors (Lipinski definition) is 0. The fourth-order valence-corrected chi connectivity index (χ4v) is 2.82. The highest BCUT2D eigenvalue weighted by atomic mass is 32.2. The molecule has 0 aliphatic carbocycles. The third-order valence-electron chi connectivity index (χ3n) is 2.93. The van der Waals surface area contributed by atoms with Crippen molar-refractivity contribution in [3.8, 4) is 0 Å². The van der Waals surface area contributed by atoms with Crippen LogP contribution in [0.2, 0.25) is 0 Å². The topological polar surface area (TPSA) is 23.6 Å². The molecule has 1 saturated heterocycles. The van der Waals surface area contributed by atoms with Crippen molar-refractivity contribution in [3.63, 3.8) is 0 Å². The molecule has 0 bridgehead atoms. The van der Waals surface area contributed by atoms with Gasteiger partial charge < -0.3 is 4.90 Å². The number of thiocarbonyl (C=S) groups is 1. The summed E-state index contributed by atoms with van der Waals surface area (Å²) in [5, 5.41) is 0. The van der Waals surface area contributed by atoms with Crippen molar-refractivity contribution in [3.05, 3.63) is 46.9 Å². The molecule has 1 fully saturated rings. The highest BCUT2D eigenvalue weighted by Gasteiger charge is 2.27. The predicted molar refractivity (Wildman–Crippen MR) is 90.8 cm³/mol. The van der Waals surface area contributed by atoms with Crippen molar-refractivity contribution in [2.75, 3.05) is 26.0 Å². The van der Waals surface area contributed by atoms with E-state index >= 15 is 0 Å². The first-order valence-electron chi connectivity index (χ1n) is 6.14. The monoisotopic (exact) mass is 304 g/mol. The number of rotatable bonds is 3. The van der Waals surface area contributed by atoms with E-state index in [1.54, 1.807) is 7.05 Å². The van der Waals surface area contributed by atoms with Crippen LogP contribution < -0.4 is 4.90 Å². The second kappa shape index (κ2) is 6.24. The minimum atomic E-state index is -0.0346. The summed E-state index contributed by atoms with van der Waals surface area (Å²) in [6.45, 7) is 0. The van der Waals surface area contributed by atoms with Gasteiger partial charge in [-0.05, 0) is 23.8 Å². The lowest BCUT2D eigenvalue weighted by Gasteiger charge is -2.11. The number of anilines is 1. The summed E-state index contributed by atoms with van der Waals surface area (Å²) < 4.78 is 0.602. The first-order valence-corrected chi connectivity index (χ1v) is 7.37. The van der Waals surface area contributed by atoms with Crippen LogP contribution in [0.15, 0.2) is 41.3 Å². The van der Waals surface area contributed by atoms with Gasteiger partial charge in [-0.1, -0.05) is 48.3 Å². The number of carbonyl (C=O) groups excluding carboxylic acids is 1. The van der Waals surface area contributed by atoms with Gasteiger partial charge in [0.05, 0.1) is 4.91 Å². The third-order valence-corrected chi connectivity index (χ3v) is 4.44. The number of nitrogens with zero attached hydrogens (tertiary/aromatic N) is 2. The molecule has 0 aromatic heterocycles. The van der Waals surface area contributed by atoms with Crippen LogP contribution in [0.5, 0.6) is 0 Å². The zero-order valence-electron chi connectivity index (χ0n) is 11.7. The number of benzene rings is 1. The Morgan fingerprint density at radius 3 is 2.40 bits per heavy atom.